The van der Waals surface area contributed by atoms with Gasteiger partial charge in [-0.2, -0.15) is 0 Å². The molecule has 98 valence electrons. The van der Waals surface area contributed by atoms with Gasteiger partial charge >= 0.3 is 6.01 Å². The highest BCUT2D eigenvalue weighted by atomic mass is 32.1. The third kappa shape index (κ3) is 3.78. The van der Waals surface area contributed by atoms with Crippen LogP contribution in [0.25, 0.3) is 0 Å². The largest absolute Gasteiger partial charge is 0.407 e. The van der Waals surface area contributed by atoms with Gasteiger partial charge in [-0.25, -0.2) is 4.98 Å². The van der Waals surface area contributed by atoms with Crippen molar-refractivity contribution in [2.45, 2.75) is 33.4 Å². The summed E-state index contributed by atoms with van der Waals surface area (Å²) in [5.41, 5.74) is 0. The molecule has 2 N–H and O–H groups in total. The SMILES string of the molecule is CCCNCc1nnc(NCc2cnc(C)s2)o1. The van der Waals surface area contributed by atoms with Crippen LogP contribution in [0.5, 0.6) is 0 Å². The van der Waals surface area contributed by atoms with Gasteiger partial charge in [0.25, 0.3) is 0 Å². The van der Waals surface area contributed by atoms with Crippen LogP contribution in [0.2, 0.25) is 0 Å². The van der Waals surface area contributed by atoms with Crippen LogP contribution in [0.4, 0.5) is 6.01 Å². The Bertz CT molecular complexity index is 481. The number of thiazole rings is 1. The number of nitrogens with zero attached hydrogens (tertiary/aromatic N) is 3. The van der Waals surface area contributed by atoms with Crippen LogP contribution in [0, 0.1) is 6.92 Å². The van der Waals surface area contributed by atoms with Crippen molar-refractivity contribution >= 4 is 17.4 Å². The fraction of sp³-hybridized carbons (Fsp3) is 0.545. The molecular formula is C11H17N5OS. The number of hydrogen-bond acceptors (Lipinski definition) is 7. The average Bonchev–Trinajstić information content (AvgIpc) is 2.96. The molecule has 0 saturated carbocycles. The number of aryl methyl sites for hydroxylation is 1. The molecule has 18 heavy (non-hydrogen) atoms. The topological polar surface area (TPSA) is 75.9 Å². The smallest absolute Gasteiger partial charge is 0.315 e. The second kappa shape index (κ2) is 6.46. The zero-order valence-electron chi connectivity index (χ0n) is 10.6. The van der Waals surface area contributed by atoms with Crippen LogP contribution in [0.15, 0.2) is 10.6 Å². The molecule has 0 aromatic carbocycles. The molecule has 2 aromatic heterocycles. The Morgan fingerprint density at radius 2 is 2.22 bits per heavy atom. The first kappa shape index (κ1) is 13.0. The standard InChI is InChI=1S/C11H17N5OS/c1-3-4-12-7-10-15-16-11(17-10)14-6-9-5-13-8(2)18-9/h5,12H,3-4,6-7H2,1-2H3,(H,14,16). The lowest BCUT2D eigenvalue weighted by Crippen LogP contribution is -2.13. The van der Waals surface area contributed by atoms with Gasteiger partial charge in [-0.05, 0) is 19.9 Å². The molecule has 0 bridgehead atoms. The third-order valence-electron chi connectivity index (χ3n) is 2.25. The Hall–Kier alpha value is -1.47. The van der Waals surface area contributed by atoms with Crippen LogP contribution in [0.3, 0.4) is 0 Å². The Balaban J connectivity index is 1.79. The molecule has 2 rings (SSSR count). The van der Waals surface area contributed by atoms with Crippen molar-refractivity contribution in [3.05, 3.63) is 22.0 Å². The van der Waals surface area contributed by atoms with Crippen molar-refractivity contribution in [2.75, 3.05) is 11.9 Å². The fourth-order valence-corrected chi connectivity index (χ4v) is 2.15. The van der Waals surface area contributed by atoms with E-state index in [0.29, 0.717) is 25.0 Å². The lowest BCUT2D eigenvalue weighted by atomic mass is 10.5. The zero-order valence-corrected chi connectivity index (χ0v) is 11.4. The van der Waals surface area contributed by atoms with Crippen LogP contribution in [-0.2, 0) is 13.1 Å². The molecule has 0 unspecified atom stereocenters. The minimum atomic E-state index is 0.453. The van der Waals surface area contributed by atoms with Crippen LogP contribution < -0.4 is 10.6 Å². The summed E-state index contributed by atoms with van der Waals surface area (Å²) in [7, 11) is 0. The summed E-state index contributed by atoms with van der Waals surface area (Å²) in [6, 6.07) is 0.453. The Morgan fingerprint density at radius 1 is 1.33 bits per heavy atom. The molecular weight excluding hydrogens is 250 g/mol. The second-order valence-corrected chi connectivity index (χ2v) is 5.20. The molecule has 0 radical (unpaired) electrons. The van der Waals surface area contributed by atoms with E-state index in [4.69, 9.17) is 4.42 Å². The first-order valence-electron chi connectivity index (χ1n) is 5.96. The molecule has 0 saturated heterocycles. The molecule has 0 aliphatic rings. The van der Waals surface area contributed by atoms with Crippen LogP contribution in [0.1, 0.15) is 29.1 Å². The van der Waals surface area contributed by atoms with E-state index in [1.54, 1.807) is 11.3 Å². The van der Waals surface area contributed by atoms with E-state index in [1.165, 1.54) is 0 Å². The molecule has 0 aliphatic carbocycles. The van der Waals surface area contributed by atoms with E-state index in [-0.39, 0.29) is 0 Å². The maximum atomic E-state index is 5.45. The summed E-state index contributed by atoms with van der Waals surface area (Å²) in [5.74, 6) is 0.603. The number of aromatic nitrogens is 3. The van der Waals surface area contributed by atoms with Gasteiger partial charge < -0.3 is 15.1 Å². The third-order valence-corrected chi connectivity index (χ3v) is 3.17. The minimum Gasteiger partial charge on any atom is -0.407 e. The number of anilines is 1. The van der Waals surface area contributed by atoms with E-state index >= 15 is 0 Å². The molecule has 0 amide bonds. The Morgan fingerprint density at radius 3 is 2.94 bits per heavy atom. The predicted molar refractivity (Wildman–Crippen MR) is 70.5 cm³/mol. The first-order chi connectivity index (χ1) is 8.78. The maximum absolute atomic E-state index is 5.45. The van der Waals surface area contributed by atoms with Crippen LogP contribution >= 0.6 is 11.3 Å². The Labute approximate surface area is 110 Å². The van der Waals surface area contributed by atoms with Crippen molar-refractivity contribution in [1.82, 2.24) is 20.5 Å². The molecule has 0 fully saturated rings. The van der Waals surface area contributed by atoms with Crippen molar-refractivity contribution in [3.63, 3.8) is 0 Å². The van der Waals surface area contributed by atoms with E-state index in [0.717, 1.165) is 22.9 Å². The van der Waals surface area contributed by atoms with Gasteiger partial charge in [0.1, 0.15) is 0 Å². The molecule has 0 spiro atoms. The number of hydrogen-bond donors (Lipinski definition) is 2. The van der Waals surface area contributed by atoms with E-state index in [2.05, 4.69) is 32.7 Å². The Kier molecular flexibility index (Phi) is 4.66. The minimum absolute atomic E-state index is 0.453. The van der Waals surface area contributed by atoms with Crippen molar-refractivity contribution in [2.24, 2.45) is 0 Å². The molecule has 2 heterocycles. The summed E-state index contributed by atoms with van der Waals surface area (Å²) >= 11 is 1.65. The molecule has 7 heteroatoms. The van der Waals surface area contributed by atoms with Crippen LogP contribution in [-0.4, -0.2) is 21.7 Å². The highest BCUT2D eigenvalue weighted by Crippen LogP contribution is 2.13. The van der Waals surface area contributed by atoms with Gasteiger partial charge in [-0.15, -0.1) is 16.4 Å². The quantitative estimate of drug-likeness (QED) is 0.747. The highest BCUT2D eigenvalue weighted by Gasteiger charge is 2.05. The summed E-state index contributed by atoms with van der Waals surface area (Å²) in [4.78, 5) is 5.34. The summed E-state index contributed by atoms with van der Waals surface area (Å²) in [5, 5.41) is 15.2. The molecule has 0 atom stereocenters. The zero-order chi connectivity index (χ0) is 12.8. The summed E-state index contributed by atoms with van der Waals surface area (Å²) < 4.78 is 5.45. The highest BCUT2D eigenvalue weighted by molar-refractivity contribution is 7.11. The predicted octanol–water partition coefficient (Wildman–Crippen LogP) is 1.95. The van der Waals surface area contributed by atoms with Gasteiger partial charge in [0.2, 0.25) is 5.89 Å². The fourth-order valence-electron chi connectivity index (χ4n) is 1.42. The monoisotopic (exact) mass is 267 g/mol. The van der Waals surface area contributed by atoms with E-state index in [9.17, 15) is 0 Å². The van der Waals surface area contributed by atoms with Crippen molar-refractivity contribution in [1.29, 1.82) is 0 Å². The van der Waals surface area contributed by atoms with Gasteiger partial charge in [0.15, 0.2) is 0 Å². The lowest BCUT2D eigenvalue weighted by Gasteiger charge is -1.98. The lowest BCUT2D eigenvalue weighted by molar-refractivity contribution is 0.477. The normalized spacial score (nSPS) is 10.8. The van der Waals surface area contributed by atoms with Crippen molar-refractivity contribution in [3.8, 4) is 0 Å². The second-order valence-electron chi connectivity index (χ2n) is 3.88. The molecule has 0 aliphatic heterocycles. The van der Waals surface area contributed by atoms with Gasteiger partial charge in [0.05, 0.1) is 18.1 Å². The molecule has 2 aromatic rings. The van der Waals surface area contributed by atoms with E-state index < -0.39 is 0 Å². The summed E-state index contributed by atoms with van der Waals surface area (Å²) in [6.07, 6.45) is 2.94. The maximum Gasteiger partial charge on any atom is 0.315 e. The van der Waals surface area contributed by atoms with Crippen molar-refractivity contribution < 1.29 is 4.42 Å². The average molecular weight is 267 g/mol. The first-order valence-corrected chi connectivity index (χ1v) is 6.78. The van der Waals surface area contributed by atoms with E-state index in [1.807, 2.05) is 13.1 Å². The molecule has 6 nitrogen and oxygen atoms in total. The number of nitrogens with one attached hydrogen (secondary N) is 2. The van der Waals surface area contributed by atoms with Gasteiger partial charge in [-0.3, -0.25) is 0 Å². The number of rotatable bonds is 7. The van der Waals surface area contributed by atoms with Gasteiger partial charge in [0, 0.05) is 11.1 Å². The summed E-state index contributed by atoms with van der Waals surface area (Å²) in [6.45, 7) is 6.33. The van der Waals surface area contributed by atoms with Gasteiger partial charge in [-0.1, -0.05) is 12.0 Å².